The van der Waals surface area contributed by atoms with Gasteiger partial charge in [-0.25, -0.2) is 13.2 Å². The number of hydrogen-bond acceptors (Lipinski definition) is 1. The van der Waals surface area contributed by atoms with E-state index in [9.17, 15) is 17.6 Å². The van der Waals surface area contributed by atoms with Crippen LogP contribution in [0.5, 0.6) is 5.75 Å². The van der Waals surface area contributed by atoms with Crippen LogP contribution in [0.25, 0.3) is 11.1 Å². The molecular weight excluding hydrogens is 308 g/mol. The van der Waals surface area contributed by atoms with Gasteiger partial charge in [-0.15, -0.1) is 0 Å². The molecule has 2 aromatic carbocycles. The molecule has 0 saturated heterocycles. The predicted molar refractivity (Wildman–Crippen MR) is 81.5 cm³/mol. The summed E-state index contributed by atoms with van der Waals surface area (Å²) in [6.45, 7) is 3.69. The first-order valence-electron chi connectivity index (χ1n) is 7.53. The first-order chi connectivity index (χ1) is 11.0. The molecule has 0 aliphatic carbocycles. The maximum Gasteiger partial charge on any atom is 0.201 e. The molecule has 2 rings (SSSR count). The average Bonchev–Trinajstić information content (AvgIpc) is 2.54. The monoisotopic (exact) mass is 326 g/mol. The van der Waals surface area contributed by atoms with Gasteiger partial charge in [0.25, 0.3) is 0 Å². The summed E-state index contributed by atoms with van der Waals surface area (Å²) < 4.78 is 61.0. The van der Waals surface area contributed by atoms with Crippen LogP contribution in [-0.4, -0.2) is 6.61 Å². The van der Waals surface area contributed by atoms with Crippen molar-refractivity contribution in [1.29, 1.82) is 0 Å². The van der Waals surface area contributed by atoms with Gasteiger partial charge in [0.05, 0.1) is 6.61 Å². The Morgan fingerprint density at radius 2 is 1.39 bits per heavy atom. The van der Waals surface area contributed by atoms with Crippen molar-refractivity contribution in [2.75, 3.05) is 6.61 Å². The number of aryl methyl sites for hydroxylation is 1. The molecule has 0 heterocycles. The van der Waals surface area contributed by atoms with Gasteiger partial charge in [-0.3, -0.25) is 0 Å². The lowest BCUT2D eigenvalue weighted by molar-refractivity contribution is 0.286. The van der Waals surface area contributed by atoms with Gasteiger partial charge in [0, 0.05) is 11.1 Å². The number of hydrogen-bond donors (Lipinski definition) is 0. The Labute approximate surface area is 132 Å². The van der Waals surface area contributed by atoms with E-state index in [2.05, 4.69) is 0 Å². The molecule has 0 amide bonds. The predicted octanol–water partition coefficient (Wildman–Crippen LogP) is 5.79. The summed E-state index contributed by atoms with van der Waals surface area (Å²) in [5.74, 6) is -4.93. The third kappa shape index (κ3) is 3.66. The highest BCUT2D eigenvalue weighted by Gasteiger charge is 2.20. The smallest absolute Gasteiger partial charge is 0.201 e. The van der Waals surface area contributed by atoms with Gasteiger partial charge in [-0.05, 0) is 31.0 Å². The van der Waals surface area contributed by atoms with Crippen molar-refractivity contribution in [1.82, 2.24) is 0 Å². The standard InChI is InChI=1S/C18H18F4O/c1-3-4-5-10-23-14-9-8-13(17(21)18(14)22)12-7-6-11(2)15(19)16(12)20/h6-9H,3-5,10H2,1-2H3. The van der Waals surface area contributed by atoms with Gasteiger partial charge < -0.3 is 4.74 Å². The Bertz CT molecular complexity index is 698. The normalized spacial score (nSPS) is 10.9. The minimum Gasteiger partial charge on any atom is -0.490 e. The zero-order chi connectivity index (χ0) is 17.0. The fourth-order valence-corrected chi connectivity index (χ4v) is 2.24. The minimum atomic E-state index is -1.25. The molecule has 2 aromatic rings. The summed E-state index contributed by atoms with van der Waals surface area (Å²) in [4.78, 5) is 0. The molecule has 0 unspecified atom stereocenters. The van der Waals surface area contributed by atoms with E-state index in [1.165, 1.54) is 31.2 Å². The van der Waals surface area contributed by atoms with E-state index in [4.69, 9.17) is 4.74 Å². The molecular formula is C18H18F4O. The summed E-state index contributed by atoms with van der Waals surface area (Å²) in [5.41, 5.74) is -0.551. The molecule has 0 spiro atoms. The SMILES string of the molecule is CCCCCOc1ccc(-c2ccc(C)c(F)c2F)c(F)c1F. The molecule has 5 heteroatoms. The average molecular weight is 326 g/mol. The van der Waals surface area contributed by atoms with Gasteiger partial charge in [0.2, 0.25) is 5.82 Å². The highest BCUT2D eigenvalue weighted by molar-refractivity contribution is 5.66. The van der Waals surface area contributed by atoms with Crippen molar-refractivity contribution in [3.63, 3.8) is 0 Å². The molecule has 0 aliphatic rings. The van der Waals surface area contributed by atoms with Crippen LogP contribution in [0.3, 0.4) is 0 Å². The van der Waals surface area contributed by atoms with Crippen LogP contribution < -0.4 is 4.74 Å². The van der Waals surface area contributed by atoms with Gasteiger partial charge in [-0.1, -0.05) is 31.9 Å². The zero-order valence-corrected chi connectivity index (χ0v) is 13.1. The quantitative estimate of drug-likeness (QED) is 0.482. The molecule has 0 radical (unpaired) electrons. The van der Waals surface area contributed by atoms with E-state index >= 15 is 0 Å². The van der Waals surface area contributed by atoms with Crippen LogP contribution in [0.2, 0.25) is 0 Å². The van der Waals surface area contributed by atoms with Crippen LogP contribution in [-0.2, 0) is 0 Å². The summed E-state index contributed by atoms with van der Waals surface area (Å²) in [5, 5.41) is 0. The molecule has 1 nitrogen and oxygen atoms in total. The molecule has 0 fully saturated rings. The number of rotatable bonds is 6. The van der Waals surface area contributed by atoms with Gasteiger partial charge >= 0.3 is 0 Å². The van der Waals surface area contributed by atoms with Gasteiger partial charge in [0.15, 0.2) is 23.2 Å². The molecule has 0 saturated carbocycles. The highest BCUT2D eigenvalue weighted by atomic mass is 19.2. The zero-order valence-electron chi connectivity index (χ0n) is 13.1. The molecule has 0 aliphatic heterocycles. The first-order valence-corrected chi connectivity index (χ1v) is 7.53. The largest absolute Gasteiger partial charge is 0.490 e. The van der Waals surface area contributed by atoms with Crippen LogP contribution >= 0.6 is 0 Å². The van der Waals surface area contributed by atoms with E-state index < -0.39 is 23.3 Å². The first kappa shape index (κ1) is 17.3. The second kappa shape index (κ2) is 7.49. The van der Waals surface area contributed by atoms with Crippen molar-refractivity contribution in [3.8, 4) is 16.9 Å². The molecule has 0 bridgehead atoms. The van der Waals surface area contributed by atoms with Crippen LogP contribution in [0, 0.1) is 30.2 Å². The molecule has 0 N–H and O–H groups in total. The van der Waals surface area contributed by atoms with Gasteiger partial charge in [-0.2, -0.15) is 4.39 Å². The molecule has 23 heavy (non-hydrogen) atoms. The molecule has 124 valence electrons. The lowest BCUT2D eigenvalue weighted by Crippen LogP contribution is -2.02. The summed E-state index contributed by atoms with van der Waals surface area (Å²) in [6, 6.07) is 4.98. The van der Waals surface area contributed by atoms with Crippen molar-refractivity contribution in [2.45, 2.75) is 33.1 Å². The van der Waals surface area contributed by atoms with E-state index in [1.54, 1.807) is 0 Å². The second-order valence-electron chi connectivity index (χ2n) is 5.35. The maximum atomic E-state index is 14.2. The summed E-state index contributed by atoms with van der Waals surface area (Å²) in [6.07, 6.45) is 2.64. The van der Waals surface area contributed by atoms with Crippen molar-refractivity contribution >= 4 is 0 Å². The van der Waals surface area contributed by atoms with Crippen molar-refractivity contribution in [2.24, 2.45) is 0 Å². The molecule has 0 aromatic heterocycles. The van der Waals surface area contributed by atoms with Crippen molar-refractivity contribution < 1.29 is 22.3 Å². The Balaban J connectivity index is 2.32. The topological polar surface area (TPSA) is 9.23 Å². The fourth-order valence-electron chi connectivity index (χ4n) is 2.24. The maximum absolute atomic E-state index is 14.2. The van der Waals surface area contributed by atoms with Crippen LogP contribution in [0.4, 0.5) is 17.6 Å². The van der Waals surface area contributed by atoms with E-state index in [0.29, 0.717) is 0 Å². The Hall–Kier alpha value is -2.04. The van der Waals surface area contributed by atoms with E-state index in [1.807, 2.05) is 6.92 Å². The number of benzene rings is 2. The van der Waals surface area contributed by atoms with Crippen molar-refractivity contribution in [3.05, 3.63) is 53.1 Å². The minimum absolute atomic E-state index is 0.100. The third-order valence-electron chi connectivity index (χ3n) is 3.62. The third-order valence-corrected chi connectivity index (χ3v) is 3.62. The Morgan fingerprint density at radius 1 is 0.783 bits per heavy atom. The van der Waals surface area contributed by atoms with E-state index in [0.717, 1.165) is 19.3 Å². The van der Waals surface area contributed by atoms with Crippen LogP contribution in [0.15, 0.2) is 24.3 Å². The lowest BCUT2D eigenvalue weighted by Gasteiger charge is -2.11. The summed E-state index contributed by atoms with van der Waals surface area (Å²) in [7, 11) is 0. The van der Waals surface area contributed by atoms with E-state index in [-0.39, 0.29) is 29.0 Å². The van der Waals surface area contributed by atoms with Crippen LogP contribution in [0.1, 0.15) is 31.7 Å². The number of ether oxygens (including phenoxy) is 1. The lowest BCUT2D eigenvalue weighted by atomic mass is 10.0. The van der Waals surface area contributed by atoms with Gasteiger partial charge in [0.1, 0.15) is 0 Å². The number of halogens is 4. The number of unbranched alkanes of at least 4 members (excludes halogenated alkanes) is 2. The Morgan fingerprint density at radius 3 is 2.04 bits per heavy atom. The summed E-state index contributed by atoms with van der Waals surface area (Å²) >= 11 is 0. The second-order valence-corrected chi connectivity index (χ2v) is 5.35. The highest BCUT2D eigenvalue weighted by Crippen LogP contribution is 2.32. The molecule has 0 atom stereocenters. The fraction of sp³-hybridized carbons (Fsp3) is 0.333. The Kier molecular flexibility index (Phi) is 5.64.